The third-order valence-electron chi connectivity index (χ3n) is 4.05. The van der Waals surface area contributed by atoms with Crippen molar-refractivity contribution in [2.24, 2.45) is 11.8 Å². The standard InChI is InChI=1S/C15H25NO3/c1-15(2,3)19-14(18)16-9-8-11(10-16)12-6-4-5-7-13(12)17/h11-12H,4-10H2,1-3H3. The molecule has 2 unspecified atom stereocenters. The summed E-state index contributed by atoms with van der Waals surface area (Å²) in [4.78, 5) is 25.7. The van der Waals surface area contributed by atoms with Gasteiger partial charge in [-0.3, -0.25) is 4.79 Å². The summed E-state index contributed by atoms with van der Waals surface area (Å²) in [5.41, 5.74) is -0.449. The summed E-state index contributed by atoms with van der Waals surface area (Å²) >= 11 is 0. The predicted octanol–water partition coefficient (Wildman–Crippen LogP) is 3.00. The highest BCUT2D eigenvalue weighted by molar-refractivity contribution is 5.82. The van der Waals surface area contributed by atoms with Gasteiger partial charge in [-0.2, -0.15) is 0 Å². The Morgan fingerprint density at radius 1 is 1.26 bits per heavy atom. The van der Waals surface area contributed by atoms with Gasteiger partial charge < -0.3 is 9.64 Å². The zero-order chi connectivity index (χ0) is 14.0. The molecule has 0 aromatic carbocycles. The molecule has 4 heteroatoms. The van der Waals surface area contributed by atoms with E-state index in [4.69, 9.17) is 4.74 Å². The van der Waals surface area contributed by atoms with Gasteiger partial charge in [0.2, 0.25) is 0 Å². The van der Waals surface area contributed by atoms with Crippen molar-refractivity contribution in [2.45, 2.75) is 58.5 Å². The van der Waals surface area contributed by atoms with Gasteiger partial charge >= 0.3 is 6.09 Å². The van der Waals surface area contributed by atoms with Gasteiger partial charge in [-0.1, -0.05) is 6.42 Å². The SMILES string of the molecule is CC(C)(C)OC(=O)N1CCC(C2CCCCC2=O)C1. The Balaban J connectivity index is 1.89. The van der Waals surface area contributed by atoms with Gasteiger partial charge in [-0.25, -0.2) is 4.79 Å². The van der Waals surface area contributed by atoms with Crippen molar-refractivity contribution in [1.29, 1.82) is 0 Å². The molecule has 1 heterocycles. The first kappa shape index (κ1) is 14.4. The molecule has 0 spiro atoms. The zero-order valence-corrected chi connectivity index (χ0v) is 12.3. The van der Waals surface area contributed by atoms with E-state index in [0.717, 1.165) is 38.6 Å². The molecule has 2 atom stereocenters. The number of hydrogen-bond acceptors (Lipinski definition) is 3. The lowest BCUT2D eigenvalue weighted by molar-refractivity contribution is -0.126. The first-order valence-electron chi connectivity index (χ1n) is 7.37. The van der Waals surface area contributed by atoms with Gasteiger partial charge in [0.25, 0.3) is 0 Å². The van der Waals surface area contributed by atoms with Gasteiger partial charge in [0.15, 0.2) is 0 Å². The molecule has 1 saturated heterocycles. The molecule has 19 heavy (non-hydrogen) atoms. The van der Waals surface area contributed by atoms with Crippen LogP contribution in [-0.2, 0) is 9.53 Å². The highest BCUT2D eigenvalue weighted by Crippen LogP contribution is 2.33. The van der Waals surface area contributed by atoms with Crippen LogP contribution in [0.5, 0.6) is 0 Å². The van der Waals surface area contributed by atoms with Crippen molar-refractivity contribution >= 4 is 11.9 Å². The summed E-state index contributed by atoms with van der Waals surface area (Å²) in [5.74, 6) is 0.934. The first-order valence-corrected chi connectivity index (χ1v) is 7.37. The van der Waals surface area contributed by atoms with Crippen molar-refractivity contribution in [2.75, 3.05) is 13.1 Å². The summed E-state index contributed by atoms with van der Waals surface area (Å²) in [6.45, 7) is 7.05. The van der Waals surface area contributed by atoms with E-state index in [1.165, 1.54) is 0 Å². The number of ether oxygens (including phenoxy) is 1. The summed E-state index contributed by atoms with van der Waals surface area (Å²) in [7, 11) is 0. The van der Waals surface area contributed by atoms with Crippen LogP contribution in [0.2, 0.25) is 0 Å². The highest BCUT2D eigenvalue weighted by atomic mass is 16.6. The van der Waals surface area contributed by atoms with Crippen LogP contribution in [0.25, 0.3) is 0 Å². The van der Waals surface area contributed by atoms with Crippen LogP contribution in [0.4, 0.5) is 4.79 Å². The maximum atomic E-state index is 12.0. The fraction of sp³-hybridized carbons (Fsp3) is 0.867. The number of ketones is 1. The lowest BCUT2D eigenvalue weighted by Crippen LogP contribution is -2.36. The quantitative estimate of drug-likeness (QED) is 0.733. The van der Waals surface area contributed by atoms with E-state index >= 15 is 0 Å². The highest BCUT2D eigenvalue weighted by Gasteiger charge is 2.37. The van der Waals surface area contributed by atoms with E-state index < -0.39 is 5.60 Å². The number of hydrogen-bond donors (Lipinski definition) is 0. The number of nitrogens with zero attached hydrogens (tertiary/aromatic N) is 1. The molecule has 108 valence electrons. The minimum atomic E-state index is -0.449. The van der Waals surface area contributed by atoms with Crippen LogP contribution in [0, 0.1) is 11.8 Å². The number of likely N-dealkylation sites (tertiary alicyclic amines) is 1. The molecule has 0 N–H and O–H groups in total. The monoisotopic (exact) mass is 267 g/mol. The van der Waals surface area contributed by atoms with Gasteiger partial charge in [-0.05, 0) is 46.0 Å². The largest absolute Gasteiger partial charge is 0.444 e. The third kappa shape index (κ3) is 3.71. The first-order chi connectivity index (χ1) is 8.87. The van der Waals surface area contributed by atoms with Crippen LogP contribution in [0.15, 0.2) is 0 Å². The molecular formula is C15H25NO3. The van der Waals surface area contributed by atoms with Crippen LogP contribution >= 0.6 is 0 Å². The van der Waals surface area contributed by atoms with Crippen molar-refractivity contribution in [3.05, 3.63) is 0 Å². The molecule has 2 rings (SSSR count). The van der Waals surface area contributed by atoms with Crippen molar-refractivity contribution < 1.29 is 14.3 Å². The fourth-order valence-corrected chi connectivity index (χ4v) is 3.12. The third-order valence-corrected chi connectivity index (χ3v) is 4.05. The van der Waals surface area contributed by atoms with Gasteiger partial charge in [0.05, 0.1) is 0 Å². The number of carbonyl (C=O) groups excluding carboxylic acids is 2. The van der Waals surface area contributed by atoms with E-state index in [1.54, 1.807) is 4.90 Å². The maximum Gasteiger partial charge on any atom is 0.410 e. The fourth-order valence-electron chi connectivity index (χ4n) is 3.12. The second kappa shape index (κ2) is 5.51. The minimum Gasteiger partial charge on any atom is -0.444 e. The van der Waals surface area contributed by atoms with Gasteiger partial charge in [-0.15, -0.1) is 0 Å². The molecule has 2 fully saturated rings. The lowest BCUT2D eigenvalue weighted by Gasteiger charge is -2.27. The van der Waals surface area contributed by atoms with Crippen LogP contribution in [0.3, 0.4) is 0 Å². The Kier molecular flexibility index (Phi) is 4.16. The van der Waals surface area contributed by atoms with E-state index in [0.29, 0.717) is 18.2 Å². The van der Waals surface area contributed by atoms with Crippen molar-refractivity contribution in [1.82, 2.24) is 4.90 Å². The molecule has 1 aliphatic carbocycles. The second-order valence-corrected chi connectivity index (χ2v) is 6.79. The van der Waals surface area contributed by atoms with Gasteiger partial charge in [0, 0.05) is 25.4 Å². The van der Waals surface area contributed by atoms with Gasteiger partial charge in [0.1, 0.15) is 11.4 Å². The minimum absolute atomic E-state index is 0.182. The average Bonchev–Trinajstić information content (AvgIpc) is 2.76. The average molecular weight is 267 g/mol. The van der Waals surface area contributed by atoms with Crippen LogP contribution in [0.1, 0.15) is 52.9 Å². The van der Waals surface area contributed by atoms with E-state index in [9.17, 15) is 9.59 Å². The number of Topliss-reactive ketones (excluding diaryl/α,β-unsaturated/α-hetero) is 1. The summed E-state index contributed by atoms with van der Waals surface area (Å²) < 4.78 is 5.39. The Bertz CT molecular complexity index is 359. The molecule has 2 aliphatic rings. The summed E-state index contributed by atoms with van der Waals surface area (Å²) in [5, 5.41) is 0. The topological polar surface area (TPSA) is 46.6 Å². The number of rotatable bonds is 1. The molecule has 4 nitrogen and oxygen atoms in total. The number of carbonyl (C=O) groups is 2. The number of amides is 1. The molecule has 1 saturated carbocycles. The zero-order valence-electron chi connectivity index (χ0n) is 12.3. The van der Waals surface area contributed by atoms with E-state index in [1.807, 2.05) is 20.8 Å². The Hall–Kier alpha value is -1.06. The molecule has 1 amide bonds. The van der Waals surface area contributed by atoms with Crippen LogP contribution in [-0.4, -0.2) is 35.5 Å². The second-order valence-electron chi connectivity index (χ2n) is 6.79. The van der Waals surface area contributed by atoms with Crippen molar-refractivity contribution in [3.63, 3.8) is 0 Å². The summed E-state index contributed by atoms with van der Waals surface area (Å²) in [6, 6.07) is 0. The Morgan fingerprint density at radius 3 is 2.63 bits per heavy atom. The molecule has 0 radical (unpaired) electrons. The summed E-state index contributed by atoms with van der Waals surface area (Å²) in [6.07, 6.45) is 4.63. The molecule has 0 aromatic heterocycles. The van der Waals surface area contributed by atoms with Crippen LogP contribution < -0.4 is 0 Å². The predicted molar refractivity (Wildman–Crippen MR) is 72.9 cm³/mol. The smallest absolute Gasteiger partial charge is 0.410 e. The van der Waals surface area contributed by atoms with E-state index in [-0.39, 0.29) is 12.0 Å². The lowest BCUT2D eigenvalue weighted by atomic mass is 9.79. The normalized spacial score (nSPS) is 28.6. The Labute approximate surface area is 115 Å². The molecular weight excluding hydrogens is 242 g/mol. The van der Waals surface area contributed by atoms with E-state index in [2.05, 4.69) is 0 Å². The Morgan fingerprint density at radius 2 is 2.00 bits per heavy atom. The molecule has 0 aromatic rings. The maximum absolute atomic E-state index is 12.0. The molecule has 0 bridgehead atoms. The van der Waals surface area contributed by atoms with Crippen molar-refractivity contribution in [3.8, 4) is 0 Å². The molecule has 1 aliphatic heterocycles.